The highest BCUT2D eigenvalue weighted by Gasteiger charge is 2.16. The Labute approximate surface area is 518 Å². The van der Waals surface area contributed by atoms with Crippen LogP contribution in [0.2, 0.25) is 0 Å². The number of methoxy groups -OCH3 is 4. The molecule has 0 spiro atoms. The zero-order valence-corrected chi connectivity index (χ0v) is 51.8. The van der Waals surface area contributed by atoms with E-state index in [-0.39, 0.29) is 0 Å². The molecule has 0 amide bonds. The first-order chi connectivity index (χ1) is 42.0. The summed E-state index contributed by atoms with van der Waals surface area (Å²) in [6.45, 7) is 30.6. The molecule has 0 atom stereocenters. The van der Waals surface area contributed by atoms with Crippen molar-refractivity contribution in [2.24, 2.45) is 0 Å². The largest absolute Gasteiger partial charge is 0.497 e. The molecule has 0 aliphatic rings. The van der Waals surface area contributed by atoms with E-state index in [0.717, 1.165) is 115 Å². The SMILES string of the molecule is C=C(C)C(=O)Oc1cc(-c2ccc(-c3ccc(OC)cc3)cc2)ccc1-c1ccc(OC)cc1.C=C(C)C(=O)Oc1cc(-c2ccc(OC)cc2)ccc1-c1ccc(-c2ccc(OC)cc2)cc1.C=C(C)C=O.C=C(C)C=O.C=C(C)C=O.C=C(C)C=O. The van der Waals surface area contributed by atoms with E-state index in [1.54, 1.807) is 70.0 Å². The molecular formula is C76H76O12. The molecule has 0 heterocycles. The van der Waals surface area contributed by atoms with Gasteiger partial charge >= 0.3 is 11.9 Å². The summed E-state index contributed by atoms with van der Waals surface area (Å²) in [4.78, 5) is 62.3. The Hall–Kier alpha value is -11.0. The molecule has 0 saturated carbocycles. The Balaban J connectivity index is 0.000000352. The predicted octanol–water partition coefficient (Wildman–Crippen LogP) is 17.4. The summed E-state index contributed by atoms with van der Waals surface area (Å²) in [5.41, 5.74) is 14.8. The highest BCUT2D eigenvalue weighted by molar-refractivity contribution is 5.92. The van der Waals surface area contributed by atoms with Crippen LogP contribution < -0.4 is 28.4 Å². The van der Waals surface area contributed by atoms with Crippen molar-refractivity contribution in [2.45, 2.75) is 41.5 Å². The lowest BCUT2D eigenvalue weighted by molar-refractivity contribution is -0.130. The number of rotatable bonds is 18. The lowest BCUT2D eigenvalue weighted by atomic mass is 9.97. The van der Waals surface area contributed by atoms with E-state index in [9.17, 15) is 28.8 Å². The third kappa shape index (κ3) is 23.9. The first-order valence-corrected chi connectivity index (χ1v) is 27.3. The highest BCUT2D eigenvalue weighted by atomic mass is 16.5. The van der Waals surface area contributed by atoms with Crippen LogP contribution in [0.25, 0.3) is 66.8 Å². The fourth-order valence-electron chi connectivity index (χ4n) is 7.24. The molecule has 452 valence electrons. The van der Waals surface area contributed by atoms with Crippen LogP contribution in [0.5, 0.6) is 34.5 Å². The van der Waals surface area contributed by atoms with Crippen LogP contribution >= 0.6 is 0 Å². The molecule has 88 heavy (non-hydrogen) atoms. The molecule has 0 unspecified atom stereocenters. The Morgan fingerprint density at radius 2 is 0.455 bits per heavy atom. The zero-order valence-electron chi connectivity index (χ0n) is 51.8. The number of benzene rings is 8. The fourth-order valence-corrected chi connectivity index (χ4v) is 7.24. The number of carbonyl (C=O) groups is 6. The lowest BCUT2D eigenvalue weighted by Crippen LogP contribution is -2.09. The van der Waals surface area contributed by atoms with Gasteiger partial charge in [-0.3, -0.25) is 19.2 Å². The minimum Gasteiger partial charge on any atom is -0.497 e. The van der Waals surface area contributed by atoms with E-state index in [0.29, 0.717) is 44.9 Å². The van der Waals surface area contributed by atoms with Gasteiger partial charge in [-0.2, -0.15) is 0 Å². The van der Waals surface area contributed by atoms with Crippen molar-refractivity contribution in [3.8, 4) is 101 Å². The van der Waals surface area contributed by atoms with Crippen molar-refractivity contribution in [1.29, 1.82) is 0 Å². The zero-order chi connectivity index (χ0) is 65.3. The van der Waals surface area contributed by atoms with Crippen LogP contribution in [0.15, 0.2) is 255 Å². The molecule has 8 aromatic rings. The number of aldehydes is 4. The normalized spacial score (nSPS) is 9.57. The molecule has 12 heteroatoms. The van der Waals surface area contributed by atoms with Gasteiger partial charge in [0.15, 0.2) is 0 Å². The van der Waals surface area contributed by atoms with Gasteiger partial charge in [-0.15, -0.1) is 0 Å². The molecule has 12 nitrogen and oxygen atoms in total. The Morgan fingerprint density at radius 1 is 0.284 bits per heavy atom. The van der Waals surface area contributed by atoms with Crippen LogP contribution in [-0.2, 0) is 28.8 Å². The van der Waals surface area contributed by atoms with Gasteiger partial charge in [0.05, 0.1) is 28.4 Å². The molecule has 0 bridgehead atoms. The number of hydrogen-bond acceptors (Lipinski definition) is 12. The molecule has 0 aliphatic heterocycles. The summed E-state index contributed by atoms with van der Waals surface area (Å²) < 4.78 is 32.4. The van der Waals surface area contributed by atoms with E-state index in [4.69, 9.17) is 28.4 Å². The molecule has 0 radical (unpaired) electrons. The Kier molecular flexibility index (Phi) is 30.3. The summed E-state index contributed by atoms with van der Waals surface area (Å²) >= 11 is 0. The Bertz CT molecular complexity index is 3610. The molecule has 8 rings (SSSR count). The molecule has 8 aromatic carbocycles. The smallest absolute Gasteiger partial charge is 0.338 e. The monoisotopic (exact) mass is 1180 g/mol. The Morgan fingerprint density at radius 3 is 0.648 bits per heavy atom. The maximum Gasteiger partial charge on any atom is 0.338 e. The maximum absolute atomic E-state index is 12.4. The van der Waals surface area contributed by atoms with E-state index in [1.807, 2.05) is 146 Å². The van der Waals surface area contributed by atoms with Crippen molar-refractivity contribution < 1.29 is 57.2 Å². The van der Waals surface area contributed by atoms with E-state index in [1.165, 1.54) is 0 Å². The summed E-state index contributed by atoms with van der Waals surface area (Å²) in [6, 6.07) is 59.5. The van der Waals surface area contributed by atoms with Crippen LogP contribution in [-0.4, -0.2) is 65.5 Å². The van der Waals surface area contributed by atoms with Crippen molar-refractivity contribution in [2.75, 3.05) is 28.4 Å². The number of allylic oxidation sites excluding steroid dienone is 4. The molecular weight excluding hydrogens is 1100 g/mol. The lowest BCUT2D eigenvalue weighted by Gasteiger charge is -2.14. The van der Waals surface area contributed by atoms with Crippen molar-refractivity contribution in [3.63, 3.8) is 0 Å². The van der Waals surface area contributed by atoms with Crippen molar-refractivity contribution in [1.82, 2.24) is 0 Å². The van der Waals surface area contributed by atoms with Gasteiger partial charge in [-0.25, -0.2) is 9.59 Å². The molecule has 0 aromatic heterocycles. The average molecular weight is 1180 g/mol. The third-order valence-electron chi connectivity index (χ3n) is 12.0. The van der Waals surface area contributed by atoms with E-state index in [2.05, 4.69) is 75.9 Å². The second-order valence-electron chi connectivity index (χ2n) is 19.7. The topological polar surface area (TPSA) is 158 Å². The number of hydrogen-bond donors (Lipinski definition) is 0. The molecule has 0 fully saturated rings. The van der Waals surface area contributed by atoms with Gasteiger partial charge in [0.2, 0.25) is 0 Å². The van der Waals surface area contributed by atoms with Crippen LogP contribution in [0.1, 0.15) is 41.5 Å². The highest BCUT2D eigenvalue weighted by Crippen LogP contribution is 2.38. The summed E-state index contributed by atoms with van der Waals surface area (Å²) in [7, 11) is 6.58. The standard InChI is InChI=1S/2C30H26O4.4C4H6O/c1-20(2)30(31)34-29-19-25(23-11-16-27(33-4)17-12-23)13-18-28(29)24-7-5-21(6-8-24)22-9-14-26(32-3)15-10-22;1-20(2)30(31)34-29-19-25(13-18-28(29)24-11-16-27(33-4)17-12-24)23-7-5-21(6-8-23)22-9-14-26(32-3)15-10-22;4*1-4(2)3-5/h2*5-19H,1H2,2-4H3;4*3H,1H2,2H3. The van der Waals surface area contributed by atoms with Gasteiger partial charge in [0, 0.05) is 22.3 Å². The second kappa shape index (κ2) is 37.4. The minimum absolute atomic E-state index is 0.343. The second-order valence-corrected chi connectivity index (χ2v) is 19.7. The van der Waals surface area contributed by atoms with Gasteiger partial charge in [-0.05, 0) is 180 Å². The fraction of sp³-hybridized carbons (Fsp3) is 0.132. The van der Waals surface area contributed by atoms with Crippen LogP contribution in [0, 0.1) is 0 Å². The van der Waals surface area contributed by atoms with Gasteiger partial charge in [-0.1, -0.05) is 161 Å². The van der Waals surface area contributed by atoms with Gasteiger partial charge in [0.25, 0.3) is 0 Å². The predicted molar refractivity (Wildman–Crippen MR) is 356 cm³/mol. The van der Waals surface area contributed by atoms with E-state index >= 15 is 0 Å². The van der Waals surface area contributed by atoms with E-state index < -0.39 is 11.9 Å². The minimum atomic E-state index is -0.457. The van der Waals surface area contributed by atoms with Gasteiger partial charge in [0.1, 0.15) is 59.6 Å². The summed E-state index contributed by atoms with van der Waals surface area (Å²) in [5.74, 6) is 3.25. The molecule has 0 saturated heterocycles. The first kappa shape index (κ1) is 71.3. The third-order valence-corrected chi connectivity index (χ3v) is 12.0. The number of ether oxygens (including phenoxy) is 6. The first-order valence-electron chi connectivity index (χ1n) is 27.3. The van der Waals surface area contributed by atoms with Crippen LogP contribution in [0.4, 0.5) is 0 Å². The number of esters is 2. The summed E-state index contributed by atoms with van der Waals surface area (Å²) in [5, 5.41) is 0. The van der Waals surface area contributed by atoms with Crippen molar-refractivity contribution >= 4 is 37.1 Å². The molecule has 0 N–H and O–H groups in total. The van der Waals surface area contributed by atoms with Gasteiger partial charge < -0.3 is 28.4 Å². The van der Waals surface area contributed by atoms with Crippen LogP contribution in [0.3, 0.4) is 0 Å². The maximum atomic E-state index is 12.4. The summed E-state index contributed by atoms with van der Waals surface area (Å²) in [6.07, 6.45) is 2.89. The van der Waals surface area contributed by atoms with Crippen molar-refractivity contribution in [3.05, 3.63) is 255 Å². The average Bonchev–Trinajstić information content (AvgIpc) is 3.74. The number of carbonyl (C=O) groups excluding carboxylic acids is 6. The molecule has 0 aliphatic carbocycles. The quantitative estimate of drug-likeness (QED) is 0.0347.